The van der Waals surface area contributed by atoms with Gasteiger partial charge in [0.2, 0.25) is 11.8 Å². The van der Waals surface area contributed by atoms with Crippen molar-refractivity contribution in [3.8, 4) is 0 Å². The number of piperidine rings is 1. The first-order chi connectivity index (χ1) is 11.7. The van der Waals surface area contributed by atoms with Crippen LogP contribution in [0.4, 0.5) is 5.82 Å². The smallest absolute Gasteiger partial charge is 0.237 e. The molecule has 7 heteroatoms. The number of amides is 2. The van der Waals surface area contributed by atoms with Crippen LogP contribution < -0.4 is 10.6 Å². The highest BCUT2D eigenvalue weighted by Gasteiger charge is 2.32. The summed E-state index contributed by atoms with van der Waals surface area (Å²) in [5.41, 5.74) is -0.266. The number of rotatable bonds is 4. The molecule has 0 bridgehead atoms. The predicted molar refractivity (Wildman–Crippen MR) is 99.5 cm³/mol. The van der Waals surface area contributed by atoms with E-state index in [1.165, 1.54) is 6.20 Å². The molecule has 2 amide bonds. The largest absolute Gasteiger partial charge is 0.350 e. The van der Waals surface area contributed by atoms with Crippen LogP contribution in [0.25, 0.3) is 0 Å². The fourth-order valence-electron chi connectivity index (χ4n) is 2.89. The van der Waals surface area contributed by atoms with Crippen molar-refractivity contribution in [3.05, 3.63) is 23.4 Å². The molecule has 2 rings (SSSR count). The molecule has 25 heavy (non-hydrogen) atoms. The van der Waals surface area contributed by atoms with E-state index in [1.807, 2.05) is 27.7 Å². The molecular formula is C18H27ClN4O2. The zero-order chi connectivity index (χ0) is 18.6. The second-order valence-corrected chi connectivity index (χ2v) is 8.04. The number of hydrogen-bond acceptors (Lipinski definition) is 4. The maximum absolute atomic E-state index is 12.5. The monoisotopic (exact) mass is 366 g/mol. The van der Waals surface area contributed by atoms with Gasteiger partial charge < -0.3 is 10.6 Å². The molecule has 1 aromatic heterocycles. The van der Waals surface area contributed by atoms with E-state index < -0.39 is 0 Å². The summed E-state index contributed by atoms with van der Waals surface area (Å²) in [6.45, 7) is 9.16. The van der Waals surface area contributed by atoms with Gasteiger partial charge in [-0.3, -0.25) is 14.5 Å². The first kappa shape index (κ1) is 19.7. The Morgan fingerprint density at radius 1 is 1.36 bits per heavy atom. The number of nitrogens with zero attached hydrogens (tertiary/aromatic N) is 2. The van der Waals surface area contributed by atoms with Crippen molar-refractivity contribution < 1.29 is 9.59 Å². The van der Waals surface area contributed by atoms with Gasteiger partial charge in [-0.15, -0.1) is 0 Å². The second kappa shape index (κ2) is 8.15. The van der Waals surface area contributed by atoms with E-state index in [0.717, 1.165) is 19.4 Å². The van der Waals surface area contributed by atoms with Crippen LogP contribution in [0.15, 0.2) is 18.3 Å². The molecule has 2 N–H and O–H groups in total. The second-order valence-electron chi connectivity index (χ2n) is 7.60. The number of aromatic nitrogens is 1. The molecule has 1 aromatic rings. The zero-order valence-electron chi connectivity index (χ0n) is 15.3. The molecular weight excluding hydrogens is 340 g/mol. The van der Waals surface area contributed by atoms with Gasteiger partial charge in [-0.1, -0.05) is 11.6 Å². The molecule has 0 unspecified atom stereocenters. The Morgan fingerprint density at radius 3 is 2.68 bits per heavy atom. The van der Waals surface area contributed by atoms with Crippen LogP contribution in [0.2, 0.25) is 5.02 Å². The highest BCUT2D eigenvalue weighted by atomic mass is 35.5. The van der Waals surface area contributed by atoms with Gasteiger partial charge in [-0.25, -0.2) is 4.98 Å². The number of carbonyl (C=O) groups is 2. The van der Waals surface area contributed by atoms with Crippen molar-refractivity contribution in [2.24, 2.45) is 5.92 Å². The molecule has 0 radical (unpaired) electrons. The Bertz CT molecular complexity index is 612. The van der Waals surface area contributed by atoms with E-state index in [2.05, 4.69) is 20.5 Å². The van der Waals surface area contributed by atoms with Crippen LogP contribution in [0.5, 0.6) is 0 Å². The van der Waals surface area contributed by atoms with Crippen LogP contribution in [0.1, 0.15) is 40.5 Å². The summed E-state index contributed by atoms with van der Waals surface area (Å²) in [5.74, 6) is 0.261. The van der Waals surface area contributed by atoms with Crippen molar-refractivity contribution in [2.75, 3.05) is 18.4 Å². The first-order valence-electron chi connectivity index (χ1n) is 8.64. The molecule has 2 heterocycles. The number of pyridine rings is 1. The number of hydrogen-bond donors (Lipinski definition) is 2. The Labute approximate surface area is 154 Å². The summed E-state index contributed by atoms with van der Waals surface area (Å²) >= 11 is 5.81. The van der Waals surface area contributed by atoms with Crippen LogP contribution in [0, 0.1) is 5.92 Å². The number of anilines is 1. The minimum atomic E-state index is -0.266. The molecule has 0 aromatic carbocycles. The van der Waals surface area contributed by atoms with Crippen LogP contribution >= 0.6 is 11.6 Å². The highest BCUT2D eigenvalue weighted by Crippen LogP contribution is 2.21. The minimum Gasteiger partial charge on any atom is -0.350 e. The minimum absolute atomic E-state index is 0.00655. The first-order valence-corrected chi connectivity index (χ1v) is 9.02. The van der Waals surface area contributed by atoms with Gasteiger partial charge in [0, 0.05) is 18.3 Å². The molecule has 0 spiro atoms. The normalized spacial score (nSPS) is 20.0. The molecule has 1 fully saturated rings. The number of nitrogens with one attached hydrogen (secondary N) is 2. The summed E-state index contributed by atoms with van der Waals surface area (Å²) in [6.07, 6.45) is 3.20. The van der Waals surface area contributed by atoms with E-state index in [-0.39, 0.29) is 29.3 Å². The molecule has 0 saturated carbocycles. The van der Waals surface area contributed by atoms with Gasteiger partial charge >= 0.3 is 0 Å². The van der Waals surface area contributed by atoms with Gasteiger partial charge in [0.05, 0.1) is 17.0 Å². The average molecular weight is 367 g/mol. The fraction of sp³-hybridized carbons (Fsp3) is 0.611. The van der Waals surface area contributed by atoms with Crippen molar-refractivity contribution in [3.63, 3.8) is 0 Å². The van der Waals surface area contributed by atoms with Crippen molar-refractivity contribution >= 4 is 29.2 Å². The van der Waals surface area contributed by atoms with E-state index in [0.29, 0.717) is 17.4 Å². The lowest BCUT2D eigenvalue weighted by Crippen LogP contribution is -2.54. The van der Waals surface area contributed by atoms with Gasteiger partial charge in [0.1, 0.15) is 5.82 Å². The SMILES string of the molecule is C[C@H](C(=O)NC(C)(C)C)N1CCC[C@H](C(=O)Nc2ccc(Cl)cn2)C1. The number of halogens is 1. The molecule has 2 atom stereocenters. The van der Waals surface area contributed by atoms with Gasteiger partial charge in [-0.05, 0) is 59.2 Å². The summed E-state index contributed by atoms with van der Waals surface area (Å²) < 4.78 is 0. The van der Waals surface area contributed by atoms with Crippen LogP contribution in [0.3, 0.4) is 0 Å². The average Bonchev–Trinajstić information content (AvgIpc) is 2.54. The lowest BCUT2D eigenvalue weighted by molar-refractivity contribution is -0.130. The van der Waals surface area contributed by atoms with E-state index in [1.54, 1.807) is 12.1 Å². The van der Waals surface area contributed by atoms with E-state index in [9.17, 15) is 9.59 Å². The van der Waals surface area contributed by atoms with Crippen molar-refractivity contribution in [1.82, 2.24) is 15.2 Å². The van der Waals surface area contributed by atoms with Gasteiger partial charge in [0.25, 0.3) is 0 Å². The Balaban J connectivity index is 1.94. The summed E-state index contributed by atoms with van der Waals surface area (Å²) in [6, 6.07) is 3.11. The lowest BCUT2D eigenvalue weighted by Gasteiger charge is -2.36. The molecule has 1 aliphatic rings. The Morgan fingerprint density at radius 2 is 2.08 bits per heavy atom. The van der Waals surface area contributed by atoms with Crippen LogP contribution in [-0.4, -0.2) is 46.4 Å². The van der Waals surface area contributed by atoms with E-state index >= 15 is 0 Å². The standard InChI is InChI=1S/C18H27ClN4O2/c1-12(16(24)22-18(2,3)4)23-9-5-6-13(11-23)17(25)21-15-8-7-14(19)10-20-15/h7-8,10,12-13H,5-6,9,11H2,1-4H3,(H,22,24)(H,20,21,25)/t12-,13+/m1/s1. The number of carbonyl (C=O) groups excluding carboxylic acids is 2. The molecule has 138 valence electrons. The summed E-state index contributed by atoms with van der Waals surface area (Å²) in [4.78, 5) is 31.1. The lowest BCUT2D eigenvalue weighted by atomic mass is 9.95. The quantitative estimate of drug-likeness (QED) is 0.859. The highest BCUT2D eigenvalue weighted by molar-refractivity contribution is 6.30. The van der Waals surface area contributed by atoms with Gasteiger partial charge in [-0.2, -0.15) is 0 Å². The molecule has 6 nitrogen and oxygen atoms in total. The molecule has 1 saturated heterocycles. The van der Waals surface area contributed by atoms with Crippen molar-refractivity contribution in [1.29, 1.82) is 0 Å². The van der Waals surface area contributed by atoms with Crippen LogP contribution in [-0.2, 0) is 9.59 Å². The third kappa shape index (κ3) is 5.97. The Hall–Kier alpha value is -1.66. The van der Waals surface area contributed by atoms with Gasteiger partial charge in [0.15, 0.2) is 0 Å². The third-order valence-electron chi connectivity index (χ3n) is 4.23. The Kier molecular flexibility index (Phi) is 6.41. The number of likely N-dealkylation sites (tertiary alicyclic amines) is 1. The molecule has 1 aliphatic heterocycles. The predicted octanol–water partition coefficient (Wildman–Crippen LogP) is 2.69. The van der Waals surface area contributed by atoms with E-state index in [4.69, 9.17) is 11.6 Å². The maximum atomic E-state index is 12.5. The third-order valence-corrected chi connectivity index (χ3v) is 4.45. The topological polar surface area (TPSA) is 74.3 Å². The van der Waals surface area contributed by atoms with Crippen molar-refractivity contribution in [2.45, 2.75) is 52.1 Å². The molecule has 0 aliphatic carbocycles. The maximum Gasteiger partial charge on any atom is 0.237 e. The zero-order valence-corrected chi connectivity index (χ0v) is 16.1. The summed E-state index contributed by atoms with van der Waals surface area (Å²) in [7, 11) is 0. The summed E-state index contributed by atoms with van der Waals surface area (Å²) in [5, 5.41) is 6.36. The fourth-order valence-corrected chi connectivity index (χ4v) is 3.00.